The highest BCUT2D eigenvalue weighted by atomic mass is 16.2. The number of nitrogens with two attached hydrogens (primary N) is 1. The highest BCUT2D eigenvalue weighted by Gasteiger charge is 2.29. The van der Waals surface area contributed by atoms with Crippen LogP contribution in [0.15, 0.2) is 41.2 Å². The van der Waals surface area contributed by atoms with Gasteiger partial charge in [-0.05, 0) is 29.7 Å². The molecule has 21 heavy (non-hydrogen) atoms. The lowest BCUT2D eigenvalue weighted by Gasteiger charge is -2.19. The summed E-state index contributed by atoms with van der Waals surface area (Å²) in [5.41, 5.74) is 8.79. The predicted octanol–water partition coefficient (Wildman–Crippen LogP) is 0.454. The van der Waals surface area contributed by atoms with Crippen molar-refractivity contribution in [2.45, 2.75) is 18.5 Å². The summed E-state index contributed by atoms with van der Waals surface area (Å²) in [4.78, 5) is 11.6. The molecule has 0 radical (unpaired) electrons. The molecule has 1 aromatic carbocycles. The van der Waals surface area contributed by atoms with Crippen LogP contribution in [0.4, 0.5) is 5.82 Å². The third-order valence-corrected chi connectivity index (χ3v) is 3.85. The summed E-state index contributed by atoms with van der Waals surface area (Å²) in [5, 5.41) is 13.8. The standard InChI is InChI=1S/C14H14N6O/c15-10-7-8-3-1-2-4-9(8)13(10)16-11-5-6-12-17-18-14(21)20(12)19-11/h1-6,10,13H,7,15H2,(H,16,19)(H,18,21). The second kappa shape index (κ2) is 4.42. The number of nitrogens with zero attached hydrogens (tertiary/aromatic N) is 3. The van der Waals surface area contributed by atoms with Crippen molar-refractivity contribution in [3.8, 4) is 0 Å². The number of aromatic nitrogens is 4. The number of benzene rings is 1. The maximum absolute atomic E-state index is 11.6. The number of hydrogen-bond acceptors (Lipinski definition) is 5. The number of aromatic amines is 1. The molecular weight excluding hydrogens is 268 g/mol. The molecule has 2 heterocycles. The van der Waals surface area contributed by atoms with Crippen LogP contribution < -0.4 is 16.7 Å². The third kappa shape index (κ3) is 1.90. The van der Waals surface area contributed by atoms with E-state index in [1.807, 2.05) is 12.1 Å². The fraction of sp³-hybridized carbons (Fsp3) is 0.214. The summed E-state index contributed by atoms with van der Waals surface area (Å²) in [6.07, 6.45) is 0.835. The molecule has 0 aliphatic heterocycles. The fourth-order valence-corrected chi connectivity index (χ4v) is 2.85. The third-order valence-electron chi connectivity index (χ3n) is 3.85. The van der Waals surface area contributed by atoms with Crippen LogP contribution in [0.3, 0.4) is 0 Å². The molecule has 4 N–H and O–H groups in total. The Morgan fingerprint density at radius 2 is 2.14 bits per heavy atom. The Morgan fingerprint density at radius 3 is 3.05 bits per heavy atom. The van der Waals surface area contributed by atoms with Gasteiger partial charge in [-0.1, -0.05) is 24.3 Å². The maximum atomic E-state index is 11.6. The summed E-state index contributed by atoms with van der Waals surface area (Å²) in [6.45, 7) is 0. The van der Waals surface area contributed by atoms with Gasteiger partial charge in [0.1, 0.15) is 5.82 Å². The first kappa shape index (κ1) is 12.1. The van der Waals surface area contributed by atoms with Crippen molar-refractivity contribution in [3.63, 3.8) is 0 Å². The molecule has 2 unspecified atom stereocenters. The van der Waals surface area contributed by atoms with Crippen LogP contribution in [0, 0.1) is 0 Å². The van der Waals surface area contributed by atoms with Crippen LogP contribution in [0.1, 0.15) is 17.2 Å². The first-order valence-corrected chi connectivity index (χ1v) is 6.77. The average Bonchev–Trinajstić information content (AvgIpc) is 3.01. The van der Waals surface area contributed by atoms with Crippen LogP contribution in [0.5, 0.6) is 0 Å². The van der Waals surface area contributed by atoms with Gasteiger partial charge in [-0.2, -0.15) is 9.61 Å². The lowest BCUT2D eigenvalue weighted by atomic mass is 10.1. The Labute approximate surface area is 119 Å². The molecule has 0 spiro atoms. The normalized spacial score (nSPS) is 20.6. The molecule has 1 aliphatic carbocycles. The quantitative estimate of drug-likeness (QED) is 0.633. The molecule has 0 bridgehead atoms. The van der Waals surface area contributed by atoms with E-state index in [2.05, 4.69) is 32.7 Å². The monoisotopic (exact) mass is 282 g/mol. The maximum Gasteiger partial charge on any atom is 0.364 e. The highest BCUT2D eigenvalue weighted by Crippen LogP contribution is 2.32. The minimum Gasteiger partial charge on any atom is -0.360 e. The molecule has 0 amide bonds. The molecule has 0 saturated carbocycles. The van der Waals surface area contributed by atoms with Crippen LogP contribution in [0.2, 0.25) is 0 Å². The minimum absolute atomic E-state index is 0.00578. The molecule has 2 atom stereocenters. The highest BCUT2D eigenvalue weighted by molar-refractivity contribution is 5.48. The summed E-state index contributed by atoms with van der Waals surface area (Å²) in [5.74, 6) is 0.600. The van der Waals surface area contributed by atoms with Gasteiger partial charge in [0.2, 0.25) is 0 Å². The van der Waals surface area contributed by atoms with Crippen LogP contribution in [-0.2, 0) is 6.42 Å². The number of fused-ring (bicyclic) bond motifs is 2. The second-order valence-electron chi connectivity index (χ2n) is 5.21. The zero-order chi connectivity index (χ0) is 14.4. The first-order chi connectivity index (χ1) is 10.2. The number of hydrogen-bond donors (Lipinski definition) is 3. The smallest absolute Gasteiger partial charge is 0.360 e. The van der Waals surface area contributed by atoms with E-state index < -0.39 is 0 Å². The average molecular weight is 282 g/mol. The minimum atomic E-state index is -0.357. The Kier molecular flexibility index (Phi) is 2.55. The molecule has 1 aliphatic rings. The van der Waals surface area contributed by atoms with E-state index in [0.29, 0.717) is 11.5 Å². The van der Waals surface area contributed by atoms with E-state index in [0.717, 1.165) is 6.42 Å². The van der Waals surface area contributed by atoms with Crippen molar-refractivity contribution in [1.29, 1.82) is 0 Å². The van der Waals surface area contributed by atoms with Crippen molar-refractivity contribution >= 4 is 11.5 Å². The van der Waals surface area contributed by atoms with Crippen molar-refractivity contribution in [2.75, 3.05) is 5.32 Å². The lowest BCUT2D eigenvalue weighted by Crippen LogP contribution is -2.30. The van der Waals surface area contributed by atoms with Crippen LogP contribution in [0.25, 0.3) is 5.65 Å². The van der Waals surface area contributed by atoms with Crippen molar-refractivity contribution in [2.24, 2.45) is 5.73 Å². The van der Waals surface area contributed by atoms with Crippen molar-refractivity contribution < 1.29 is 0 Å². The zero-order valence-corrected chi connectivity index (χ0v) is 11.2. The van der Waals surface area contributed by atoms with Gasteiger partial charge < -0.3 is 11.1 Å². The van der Waals surface area contributed by atoms with Crippen molar-refractivity contribution in [3.05, 3.63) is 58.0 Å². The van der Waals surface area contributed by atoms with Crippen LogP contribution >= 0.6 is 0 Å². The van der Waals surface area contributed by atoms with Gasteiger partial charge in [0.05, 0.1) is 6.04 Å². The number of H-pyrrole nitrogens is 1. The molecular formula is C14H14N6O. The summed E-state index contributed by atoms with van der Waals surface area (Å²) < 4.78 is 1.23. The van der Waals surface area contributed by atoms with Gasteiger partial charge in [-0.3, -0.25) is 0 Å². The molecule has 2 aromatic heterocycles. The number of nitrogens with one attached hydrogen (secondary N) is 2. The van der Waals surface area contributed by atoms with Gasteiger partial charge in [0, 0.05) is 6.04 Å². The Balaban J connectivity index is 1.71. The lowest BCUT2D eigenvalue weighted by molar-refractivity contribution is 0.621. The summed E-state index contributed by atoms with van der Waals surface area (Å²) in [6, 6.07) is 11.7. The van der Waals surface area contributed by atoms with Gasteiger partial charge in [-0.15, -0.1) is 5.10 Å². The van der Waals surface area contributed by atoms with E-state index >= 15 is 0 Å². The summed E-state index contributed by atoms with van der Waals surface area (Å²) >= 11 is 0. The number of rotatable bonds is 2. The summed E-state index contributed by atoms with van der Waals surface area (Å²) in [7, 11) is 0. The number of anilines is 1. The molecule has 0 fully saturated rings. The van der Waals surface area contributed by atoms with Gasteiger partial charge >= 0.3 is 5.69 Å². The van der Waals surface area contributed by atoms with Gasteiger partial charge in [0.15, 0.2) is 5.65 Å². The van der Waals surface area contributed by atoms with E-state index in [1.54, 1.807) is 12.1 Å². The van der Waals surface area contributed by atoms with E-state index in [-0.39, 0.29) is 17.8 Å². The first-order valence-electron chi connectivity index (χ1n) is 6.77. The SMILES string of the molecule is NC1Cc2ccccc2C1Nc1ccc2n[nH]c(=O)n2n1. The fourth-order valence-electron chi connectivity index (χ4n) is 2.85. The van der Waals surface area contributed by atoms with E-state index in [1.165, 1.54) is 15.6 Å². The Hall–Kier alpha value is -2.67. The molecule has 3 aromatic rings. The van der Waals surface area contributed by atoms with Crippen LogP contribution in [-0.4, -0.2) is 25.9 Å². The van der Waals surface area contributed by atoms with E-state index in [9.17, 15) is 4.79 Å². The van der Waals surface area contributed by atoms with Gasteiger partial charge in [0.25, 0.3) is 0 Å². The molecule has 7 nitrogen and oxygen atoms in total. The Morgan fingerprint density at radius 1 is 1.29 bits per heavy atom. The molecule has 4 rings (SSSR count). The van der Waals surface area contributed by atoms with Crippen molar-refractivity contribution in [1.82, 2.24) is 19.8 Å². The molecule has 106 valence electrons. The zero-order valence-electron chi connectivity index (χ0n) is 11.2. The van der Waals surface area contributed by atoms with E-state index in [4.69, 9.17) is 5.73 Å². The molecule has 7 heteroatoms. The van der Waals surface area contributed by atoms with Gasteiger partial charge in [-0.25, -0.2) is 9.89 Å². The Bertz CT molecular complexity index is 867. The molecule has 0 saturated heterocycles. The largest absolute Gasteiger partial charge is 0.364 e. The topological polar surface area (TPSA) is 101 Å². The second-order valence-corrected chi connectivity index (χ2v) is 5.21. The predicted molar refractivity (Wildman–Crippen MR) is 78.1 cm³/mol.